The molecule has 10 rings (SSSR count). The maximum absolute atomic E-state index is 12.1. The highest BCUT2D eigenvalue weighted by Crippen LogP contribution is 2.31. The maximum Gasteiger partial charge on any atom is 0.343 e. The fraction of sp³-hybridized carbons (Fsp3) is 0.235. The van der Waals surface area contributed by atoms with Gasteiger partial charge in [0.2, 0.25) is 0 Å². The van der Waals surface area contributed by atoms with Gasteiger partial charge in [-0.05, 0) is 213 Å². The second-order valence-electron chi connectivity index (χ2n) is 24.0. The third-order valence-corrected chi connectivity index (χ3v) is 19.9. The van der Waals surface area contributed by atoms with Crippen molar-refractivity contribution in [3.8, 4) is 28.7 Å². The van der Waals surface area contributed by atoms with Crippen LogP contribution in [-0.2, 0) is 32.1 Å². The minimum Gasteiger partial charge on any atom is -0.423 e. The first-order valence-electron chi connectivity index (χ1n) is 34.5. The second-order valence-corrected chi connectivity index (χ2v) is 28.5. The van der Waals surface area contributed by atoms with E-state index in [1.54, 1.807) is 152 Å². The maximum atomic E-state index is 12.1. The molecule has 0 saturated heterocycles. The minimum atomic E-state index is -0.389. The first-order chi connectivity index (χ1) is 50.5. The Bertz CT molecular complexity index is 3800. The van der Waals surface area contributed by atoms with Crippen molar-refractivity contribution in [1.82, 2.24) is 0 Å². The van der Waals surface area contributed by atoms with Crippen LogP contribution in [0.25, 0.3) is 0 Å². The average molecular weight is 1700 g/mol. The molecule has 0 heterocycles. The van der Waals surface area contributed by atoms with Crippen molar-refractivity contribution in [2.45, 2.75) is 155 Å². The Hall–Kier alpha value is -7.60. The average Bonchev–Trinajstić information content (AvgIpc) is 0.874. The summed E-state index contributed by atoms with van der Waals surface area (Å²) < 4.78 is 26.5. The van der Waals surface area contributed by atoms with Gasteiger partial charge in [0.05, 0.1) is 52.9 Å². The van der Waals surface area contributed by atoms with Gasteiger partial charge in [-0.25, -0.2) is 24.0 Å². The summed E-state index contributed by atoms with van der Waals surface area (Å²) in [6.45, 7) is 10.8. The van der Waals surface area contributed by atoms with Gasteiger partial charge >= 0.3 is 29.8 Å². The van der Waals surface area contributed by atoms with Crippen LogP contribution in [0, 0.1) is 0 Å². The van der Waals surface area contributed by atoms with Crippen molar-refractivity contribution in [2.24, 2.45) is 0 Å². The molecule has 0 aromatic heterocycles. The lowest BCUT2D eigenvalue weighted by Crippen LogP contribution is -2.08. The number of carbonyl (C=O) groups is 5. The summed E-state index contributed by atoms with van der Waals surface area (Å²) in [5, 5.41) is 2.28. The third kappa shape index (κ3) is 35.4. The number of esters is 5. The first-order valence-corrected chi connectivity index (χ1v) is 38.6. The van der Waals surface area contributed by atoms with Crippen LogP contribution in [0.4, 0.5) is 23.5 Å². The van der Waals surface area contributed by atoms with Crippen molar-refractivity contribution in [3.05, 3.63) is 293 Å². The van der Waals surface area contributed by atoms with Crippen molar-refractivity contribution < 1.29 is 71.2 Å². The van der Waals surface area contributed by atoms with Gasteiger partial charge < -0.3 is 23.7 Å². The summed E-state index contributed by atoms with van der Waals surface area (Å²) in [6.07, 6.45) is 16.7. The highest BCUT2D eigenvalue weighted by molar-refractivity contribution is 7.81. The number of ether oxygens (including phenoxy) is 5. The molecule has 0 unspecified atom stereocenters. The molecule has 0 bridgehead atoms. The molecule has 0 aliphatic carbocycles. The SMILES string of the molecule is CCCCc1ccc(C(=O)Oc2ccc(S)c(Cl)c2)cc1.CCCCc1ccc(C(=O)Oc2ccc(S)c(Cl)c2)cc1.CCCCc1ccc(C(=O)Oc2ccc(S)c(Cl)c2)cc1.CCCCc1ccc(C(=O)Oc2ccc(S)c(Cl)c2)cc1.CCCCc1ccc(C(=O)Oc2ccc(S)c(Cl)c2)cc1.F.F.F.F.F. The molecule has 0 N–H and O–H groups in total. The number of halogens is 10. The molecule has 0 spiro atoms. The molecule has 0 atom stereocenters. The molecular formula is C85H90Cl5F5O10S5. The highest BCUT2D eigenvalue weighted by Gasteiger charge is 2.16. The van der Waals surface area contributed by atoms with Crippen molar-refractivity contribution >= 4 is 151 Å². The number of benzene rings is 10. The Morgan fingerprint density at radius 3 is 0.491 bits per heavy atom. The largest absolute Gasteiger partial charge is 0.423 e. The van der Waals surface area contributed by atoms with Crippen LogP contribution in [0.3, 0.4) is 0 Å². The van der Waals surface area contributed by atoms with Gasteiger partial charge in [0, 0.05) is 54.8 Å². The number of hydrogen-bond donors (Lipinski definition) is 5. The van der Waals surface area contributed by atoms with Crippen LogP contribution in [0.2, 0.25) is 25.1 Å². The third-order valence-electron chi connectivity index (χ3n) is 15.7. The normalized spacial score (nSPS) is 9.95. The zero-order valence-electron chi connectivity index (χ0n) is 61.1. The summed E-state index contributed by atoms with van der Waals surface area (Å²) in [4.78, 5) is 63.5. The molecule has 10 aromatic rings. The number of aryl methyl sites for hydroxylation is 5. The molecule has 10 nitrogen and oxygen atoms in total. The molecule has 10 aromatic carbocycles. The van der Waals surface area contributed by atoms with E-state index in [1.807, 2.05) is 60.7 Å². The lowest BCUT2D eigenvalue weighted by Gasteiger charge is -2.06. The van der Waals surface area contributed by atoms with Crippen molar-refractivity contribution in [1.29, 1.82) is 0 Å². The minimum absolute atomic E-state index is 0. The van der Waals surface area contributed by atoms with Gasteiger partial charge in [0.1, 0.15) is 28.7 Å². The van der Waals surface area contributed by atoms with Crippen molar-refractivity contribution in [3.63, 3.8) is 0 Å². The number of unbranched alkanes of at least 4 members (excludes halogenated alkanes) is 5. The molecule has 0 aliphatic rings. The van der Waals surface area contributed by atoms with E-state index in [9.17, 15) is 24.0 Å². The Morgan fingerprint density at radius 2 is 0.373 bits per heavy atom. The van der Waals surface area contributed by atoms with Gasteiger partial charge in [-0.3, -0.25) is 23.5 Å². The number of thiol groups is 5. The Kier molecular flexibility index (Phi) is 49.4. The molecule has 0 radical (unpaired) electrons. The molecule has 0 amide bonds. The summed E-state index contributed by atoms with van der Waals surface area (Å²) >= 11 is 50.6. The zero-order chi connectivity index (χ0) is 76.2. The zero-order valence-corrected chi connectivity index (χ0v) is 69.3. The van der Waals surface area contributed by atoms with Gasteiger partial charge in [-0.2, -0.15) is 0 Å². The number of rotatable bonds is 25. The van der Waals surface area contributed by atoms with Gasteiger partial charge in [0.15, 0.2) is 0 Å². The van der Waals surface area contributed by atoms with Crippen LogP contribution in [0.15, 0.2) is 237 Å². The molecule has 590 valence electrons. The predicted molar refractivity (Wildman–Crippen MR) is 456 cm³/mol. The predicted octanol–water partition coefficient (Wildman–Crippen LogP) is 26.7. The van der Waals surface area contributed by atoms with Crippen LogP contribution in [-0.4, -0.2) is 29.8 Å². The number of carbonyl (C=O) groups excluding carboxylic acids is 5. The van der Waals surface area contributed by atoms with E-state index in [-0.39, 0.29) is 53.4 Å². The van der Waals surface area contributed by atoms with E-state index < -0.39 is 0 Å². The fourth-order valence-corrected chi connectivity index (χ4v) is 11.1. The van der Waals surface area contributed by atoms with E-state index in [1.165, 1.54) is 27.8 Å². The van der Waals surface area contributed by atoms with Crippen LogP contribution in [0.1, 0.15) is 178 Å². The van der Waals surface area contributed by atoms with Crippen LogP contribution in [0.5, 0.6) is 28.7 Å². The van der Waals surface area contributed by atoms with E-state index in [4.69, 9.17) is 81.7 Å². The molecule has 25 heteroatoms. The van der Waals surface area contributed by atoms with Gasteiger partial charge in [-0.15, -0.1) is 63.1 Å². The Morgan fingerprint density at radius 1 is 0.236 bits per heavy atom. The van der Waals surface area contributed by atoms with Crippen molar-refractivity contribution in [2.75, 3.05) is 0 Å². The quantitative estimate of drug-likeness (QED) is 0.0163. The molecule has 110 heavy (non-hydrogen) atoms. The number of hydrogen-bond acceptors (Lipinski definition) is 15. The van der Waals surface area contributed by atoms with Gasteiger partial charge in [0.25, 0.3) is 0 Å². The molecule has 0 fully saturated rings. The van der Waals surface area contributed by atoms with Gasteiger partial charge in [-0.1, -0.05) is 185 Å². The Balaban J connectivity index is 0.000000680. The lowest BCUT2D eigenvalue weighted by molar-refractivity contribution is 0.0725. The van der Waals surface area contributed by atoms with E-state index >= 15 is 0 Å². The lowest BCUT2D eigenvalue weighted by atomic mass is 10.1. The second kappa shape index (κ2) is 54.1. The fourth-order valence-electron chi connectivity index (χ4n) is 9.53. The molecular weight excluding hydrogens is 1610 g/mol. The van der Waals surface area contributed by atoms with E-state index in [0.717, 1.165) is 96.3 Å². The smallest absolute Gasteiger partial charge is 0.343 e. The summed E-state index contributed by atoms with van der Waals surface area (Å²) in [6, 6.07) is 62.3. The molecule has 0 aliphatic heterocycles. The van der Waals surface area contributed by atoms with E-state index in [0.29, 0.717) is 106 Å². The standard InChI is InChI=1S/5C17H17ClO2S.5FH/c5*1-2-3-4-12-5-7-13(8-6-12)17(19)20-14-9-10-16(21)15(18)11-14;;;;;/h5*5-11,21H,2-4H2,1H3;5*1H. The van der Waals surface area contributed by atoms with E-state index in [2.05, 4.69) is 97.8 Å². The summed E-state index contributed by atoms with van der Waals surface area (Å²) in [7, 11) is 0. The highest BCUT2D eigenvalue weighted by atomic mass is 35.5. The monoisotopic (exact) mass is 1700 g/mol. The first kappa shape index (κ1) is 100. The summed E-state index contributed by atoms with van der Waals surface area (Å²) in [5.74, 6) is 0.129. The Labute approximate surface area is 693 Å². The molecule has 0 saturated carbocycles. The van der Waals surface area contributed by atoms with Crippen LogP contribution >= 0.6 is 121 Å². The summed E-state index contributed by atoms with van der Waals surface area (Å²) in [5.41, 5.74) is 8.81. The van der Waals surface area contributed by atoms with Crippen LogP contribution < -0.4 is 23.7 Å². The topological polar surface area (TPSA) is 132 Å².